The van der Waals surface area contributed by atoms with Crippen LogP contribution in [-0.4, -0.2) is 39.1 Å². The molecule has 2 aromatic heterocycles. The molecule has 0 spiro atoms. The van der Waals surface area contributed by atoms with Crippen LogP contribution >= 0.6 is 0 Å². The van der Waals surface area contributed by atoms with Crippen LogP contribution in [0, 0.1) is 0 Å². The molecule has 0 saturated carbocycles. The van der Waals surface area contributed by atoms with Crippen molar-refractivity contribution in [1.82, 2.24) is 14.3 Å². The molecule has 3 heterocycles. The summed E-state index contributed by atoms with van der Waals surface area (Å²) in [5.74, 6) is 0.441. The van der Waals surface area contributed by atoms with Gasteiger partial charge in [0.2, 0.25) is 0 Å². The minimum atomic E-state index is -0.435. The lowest BCUT2D eigenvalue weighted by molar-refractivity contribution is 0.0204. The molecule has 0 N–H and O–H groups in total. The van der Waals surface area contributed by atoms with Gasteiger partial charge in [-0.3, -0.25) is 0 Å². The van der Waals surface area contributed by atoms with Crippen molar-refractivity contribution in [3.05, 3.63) is 36.3 Å². The number of likely N-dealkylation sites (tertiary alicyclic amines) is 1. The highest BCUT2D eigenvalue weighted by Crippen LogP contribution is 2.29. The predicted molar refractivity (Wildman–Crippen MR) is 85.0 cm³/mol. The maximum Gasteiger partial charge on any atom is 0.410 e. The molecule has 1 aliphatic heterocycles. The molecular formula is C17H23N3O2. The number of pyridine rings is 1. The van der Waals surface area contributed by atoms with Gasteiger partial charge in [0, 0.05) is 37.1 Å². The third kappa shape index (κ3) is 3.08. The Hall–Kier alpha value is -2.04. The van der Waals surface area contributed by atoms with Crippen LogP contribution in [0.5, 0.6) is 0 Å². The molecule has 0 radical (unpaired) electrons. The minimum absolute atomic E-state index is 0.205. The molecule has 0 aliphatic carbocycles. The van der Waals surface area contributed by atoms with Gasteiger partial charge in [-0.15, -0.1) is 0 Å². The summed E-state index contributed by atoms with van der Waals surface area (Å²) in [4.78, 5) is 18.4. The standard InChI is InChI=1S/C17H23N3O2/c1-17(2,3)22-16(21)19-10-7-13(8-11-19)14-12-18-15-6-4-5-9-20(14)15/h4-6,9,12-13H,7-8,10-11H2,1-3H3. The van der Waals surface area contributed by atoms with Gasteiger partial charge in [0.1, 0.15) is 11.2 Å². The number of nitrogens with zero attached hydrogens (tertiary/aromatic N) is 3. The Morgan fingerprint density at radius 2 is 2.00 bits per heavy atom. The molecule has 1 amide bonds. The molecule has 5 heteroatoms. The highest BCUT2D eigenvalue weighted by Gasteiger charge is 2.28. The van der Waals surface area contributed by atoms with E-state index in [-0.39, 0.29) is 6.09 Å². The molecule has 1 saturated heterocycles. The van der Waals surface area contributed by atoms with Gasteiger partial charge in [0.05, 0.1) is 0 Å². The van der Waals surface area contributed by atoms with E-state index in [0.717, 1.165) is 31.6 Å². The summed E-state index contributed by atoms with van der Waals surface area (Å²) < 4.78 is 7.59. The number of aromatic nitrogens is 2. The third-order valence-corrected chi connectivity index (χ3v) is 4.01. The number of carbonyl (C=O) groups is 1. The maximum absolute atomic E-state index is 12.1. The Morgan fingerprint density at radius 1 is 1.27 bits per heavy atom. The highest BCUT2D eigenvalue weighted by molar-refractivity contribution is 5.68. The Balaban J connectivity index is 1.66. The molecule has 5 nitrogen and oxygen atoms in total. The fourth-order valence-electron chi connectivity index (χ4n) is 2.94. The van der Waals surface area contributed by atoms with Crippen molar-refractivity contribution in [1.29, 1.82) is 0 Å². The van der Waals surface area contributed by atoms with E-state index in [9.17, 15) is 4.79 Å². The molecule has 0 bridgehead atoms. The average molecular weight is 301 g/mol. The quantitative estimate of drug-likeness (QED) is 0.810. The van der Waals surface area contributed by atoms with Crippen molar-refractivity contribution in [2.75, 3.05) is 13.1 Å². The number of carbonyl (C=O) groups excluding carboxylic acids is 1. The molecule has 1 fully saturated rings. The zero-order chi connectivity index (χ0) is 15.7. The first kappa shape index (κ1) is 14.9. The van der Waals surface area contributed by atoms with Crippen molar-refractivity contribution in [2.24, 2.45) is 0 Å². The number of ether oxygens (including phenoxy) is 1. The summed E-state index contributed by atoms with van der Waals surface area (Å²) in [6.07, 6.45) is 5.70. The number of imidazole rings is 1. The Morgan fingerprint density at radius 3 is 2.68 bits per heavy atom. The van der Waals surface area contributed by atoms with Gasteiger partial charge in [-0.05, 0) is 45.7 Å². The summed E-state index contributed by atoms with van der Waals surface area (Å²) in [7, 11) is 0. The monoisotopic (exact) mass is 301 g/mol. The van der Waals surface area contributed by atoms with Crippen molar-refractivity contribution >= 4 is 11.7 Å². The molecule has 0 unspecified atom stereocenters. The summed E-state index contributed by atoms with van der Waals surface area (Å²) >= 11 is 0. The topological polar surface area (TPSA) is 46.8 Å². The van der Waals surface area contributed by atoms with Gasteiger partial charge in [0.15, 0.2) is 0 Å². The van der Waals surface area contributed by atoms with Crippen LogP contribution < -0.4 is 0 Å². The number of amides is 1. The fraction of sp³-hybridized carbons (Fsp3) is 0.529. The van der Waals surface area contributed by atoms with Crippen LogP contribution in [0.3, 0.4) is 0 Å². The summed E-state index contributed by atoms with van der Waals surface area (Å²) in [6.45, 7) is 7.17. The van der Waals surface area contributed by atoms with Crippen LogP contribution in [-0.2, 0) is 4.74 Å². The number of rotatable bonds is 1. The van der Waals surface area contributed by atoms with E-state index in [1.165, 1.54) is 5.69 Å². The van der Waals surface area contributed by atoms with Crippen LogP contribution in [0.1, 0.15) is 45.2 Å². The number of hydrogen-bond donors (Lipinski definition) is 0. The average Bonchev–Trinajstić information content (AvgIpc) is 2.89. The number of hydrogen-bond acceptors (Lipinski definition) is 3. The van der Waals surface area contributed by atoms with Crippen molar-refractivity contribution < 1.29 is 9.53 Å². The van der Waals surface area contributed by atoms with Crippen LogP contribution in [0.2, 0.25) is 0 Å². The molecule has 2 aromatic rings. The Labute approximate surface area is 130 Å². The molecular weight excluding hydrogens is 278 g/mol. The second-order valence-electron chi connectivity index (χ2n) is 6.85. The molecule has 118 valence electrons. The smallest absolute Gasteiger partial charge is 0.410 e. The lowest BCUT2D eigenvalue weighted by Crippen LogP contribution is -2.41. The van der Waals surface area contributed by atoms with Crippen molar-refractivity contribution in [2.45, 2.75) is 45.1 Å². The van der Waals surface area contributed by atoms with E-state index in [2.05, 4.69) is 15.6 Å². The molecule has 0 atom stereocenters. The SMILES string of the molecule is CC(C)(C)OC(=O)N1CCC(c2cnc3ccccn23)CC1. The molecule has 22 heavy (non-hydrogen) atoms. The zero-order valence-corrected chi connectivity index (χ0v) is 13.5. The zero-order valence-electron chi connectivity index (χ0n) is 13.5. The third-order valence-electron chi connectivity index (χ3n) is 4.01. The molecule has 3 rings (SSSR count). The summed E-state index contributed by atoms with van der Waals surface area (Å²) in [5.41, 5.74) is 1.78. The first-order valence-corrected chi connectivity index (χ1v) is 7.84. The van der Waals surface area contributed by atoms with Crippen LogP contribution in [0.25, 0.3) is 5.65 Å². The highest BCUT2D eigenvalue weighted by atomic mass is 16.6. The van der Waals surface area contributed by atoms with Crippen LogP contribution in [0.15, 0.2) is 30.6 Å². The van der Waals surface area contributed by atoms with Gasteiger partial charge in [-0.25, -0.2) is 9.78 Å². The van der Waals surface area contributed by atoms with E-state index in [4.69, 9.17) is 4.74 Å². The maximum atomic E-state index is 12.1. The Bertz CT molecular complexity index is 664. The van der Waals surface area contributed by atoms with E-state index < -0.39 is 5.60 Å². The summed E-state index contributed by atoms with van der Waals surface area (Å²) in [6, 6.07) is 6.03. The van der Waals surface area contributed by atoms with Gasteiger partial charge in [-0.2, -0.15) is 0 Å². The lowest BCUT2D eigenvalue weighted by Gasteiger charge is -2.33. The lowest BCUT2D eigenvalue weighted by atomic mass is 9.94. The number of fused-ring (bicyclic) bond motifs is 1. The van der Waals surface area contributed by atoms with Gasteiger partial charge < -0.3 is 14.0 Å². The van der Waals surface area contributed by atoms with Gasteiger partial charge in [0.25, 0.3) is 0 Å². The van der Waals surface area contributed by atoms with Gasteiger partial charge in [-0.1, -0.05) is 6.07 Å². The number of piperidine rings is 1. The van der Waals surface area contributed by atoms with E-state index >= 15 is 0 Å². The first-order chi connectivity index (χ1) is 10.4. The van der Waals surface area contributed by atoms with Crippen molar-refractivity contribution in [3.8, 4) is 0 Å². The fourth-order valence-corrected chi connectivity index (χ4v) is 2.94. The summed E-state index contributed by atoms with van der Waals surface area (Å²) in [5, 5.41) is 0. The van der Waals surface area contributed by atoms with E-state index in [0.29, 0.717) is 5.92 Å². The Kier molecular flexibility index (Phi) is 3.81. The molecule has 1 aliphatic rings. The second kappa shape index (κ2) is 5.63. The van der Waals surface area contributed by atoms with E-state index in [1.807, 2.05) is 50.1 Å². The minimum Gasteiger partial charge on any atom is -0.444 e. The predicted octanol–water partition coefficient (Wildman–Crippen LogP) is 3.45. The van der Waals surface area contributed by atoms with E-state index in [1.54, 1.807) is 0 Å². The largest absolute Gasteiger partial charge is 0.444 e. The second-order valence-corrected chi connectivity index (χ2v) is 6.85. The van der Waals surface area contributed by atoms with Crippen molar-refractivity contribution in [3.63, 3.8) is 0 Å². The van der Waals surface area contributed by atoms with Gasteiger partial charge >= 0.3 is 6.09 Å². The normalized spacial score (nSPS) is 17.0. The molecule has 0 aromatic carbocycles. The first-order valence-electron chi connectivity index (χ1n) is 7.84. The van der Waals surface area contributed by atoms with Crippen LogP contribution in [0.4, 0.5) is 4.79 Å².